The Balaban J connectivity index is 2.14. The van der Waals surface area contributed by atoms with Gasteiger partial charge >= 0.3 is 5.97 Å². The maximum absolute atomic E-state index is 11.7. The van der Waals surface area contributed by atoms with Crippen LogP contribution in [0.1, 0.15) is 36.3 Å². The number of hydrogen-bond donors (Lipinski definition) is 1. The zero-order chi connectivity index (χ0) is 12.8. The van der Waals surface area contributed by atoms with Gasteiger partial charge in [-0.15, -0.1) is 11.3 Å². The van der Waals surface area contributed by atoms with Gasteiger partial charge in [-0.25, -0.2) is 4.98 Å². The van der Waals surface area contributed by atoms with Crippen molar-refractivity contribution >= 4 is 27.5 Å². The van der Waals surface area contributed by atoms with E-state index in [2.05, 4.69) is 4.98 Å². The Morgan fingerprint density at radius 3 is 2.78 bits per heavy atom. The zero-order valence-electron chi connectivity index (χ0n) is 10.3. The van der Waals surface area contributed by atoms with Gasteiger partial charge < -0.3 is 5.11 Å². The molecule has 1 aromatic heterocycles. The molecule has 0 unspecified atom stereocenters. The van der Waals surface area contributed by atoms with Crippen LogP contribution in [0.25, 0.3) is 10.2 Å². The molecule has 18 heavy (non-hydrogen) atoms. The summed E-state index contributed by atoms with van der Waals surface area (Å²) in [5.41, 5.74) is 1.26. The molecule has 0 bridgehead atoms. The number of carboxylic acids is 1. The summed E-state index contributed by atoms with van der Waals surface area (Å²) in [6, 6.07) is 5.93. The van der Waals surface area contributed by atoms with Crippen molar-refractivity contribution in [3.05, 3.63) is 28.8 Å². The highest BCUT2D eigenvalue weighted by atomic mass is 32.1. The number of carboxylic acid groups (broad SMARTS) is 1. The summed E-state index contributed by atoms with van der Waals surface area (Å²) in [6.45, 7) is 1.98. The van der Waals surface area contributed by atoms with E-state index in [1.165, 1.54) is 0 Å². The minimum Gasteiger partial charge on any atom is -0.481 e. The summed E-state index contributed by atoms with van der Waals surface area (Å²) in [6.07, 6.45) is 3.52. The van der Waals surface area contributed by atoms with Gasteiger partial charge in [-0.1, -0.05) is 18.9 Å². The smallest absolute Gasteiger partial charge is 0.314 e. The van der Waals surface area contributed by atoms with Gasteiger partial charge in [-0.05, 0) is 37.5 Å². The van der Waals surface area contributed by atoms with E-state index in [0.717, 1.165) is 46.5 Å². The van der Waals surface area contributed by atoms with Gasteiger partial charge in [0, 0.05) is 0 Å². The van der Waals surface area contributed by atoms with Crippen molar-refractivity contribution in [2.45, 2.75) is 38.0 Å². The van der Waals surface area contributed by atoms with E-state index in [4.69, 9.17) is 0 Å². The molecule has 1 saturated carbocycles. The molecule has 3 rings (SSSR count). The van der Waals surface area contributed by atoms with Crippen LogP contribution in [0.5, 0.6) is 0 Å². The van der Waals surface area contributed by atoms with Gasteiger partial charge in [-0.2, -0.15) is 0 Å². The molecule has 1 fully saturated rings. The van der Waals surface area contributed by atoms with Crippen LogP contribution >= 0.6 is 11.3 Å². The Hall–Kier alpha value is -1.42. The third-order valence-corrected chi connectivity index (χ3v) is 4.85. The van der Waals surface area contributed by atoms with Crippen LogP contribution in [-0.2, 0) is 10.2 Å². The van der Waals surface area contributed by atoms with Gasteiger partial charge in [0.25, 0.3) is 0 Å². The van der Waals surface area contributed by atoms with Crippen LogP contribution in [0.15, 0.2) is 18.2 Å². The standard InChI is InChI=1S/C14H15NO2S/c1-9-15-11-5-4-10(8-12(11)18-9)14(13(16)17)6-2-3-7-14/h4-5,8H,2-3,6-7H2,1H3,(H,16,17). The van der Waals surface area contributed by atoms with E-state index in [1.54, 1.807) is 11.3 Å². The van der Waals surface area contributed by atoms with E-state index >= 15 is 0 Å². The second kappa shape index (κ2) is 4.05. The Kier molecular flexibility index (Phi) is 2.63. The molecule has 3 nitrogen and oxygen atoms in total. The number of rotatable bonds is 2. The van der Waals surface area contributed by atoms with Crippen molar-refractivity contribution < 1.29 is 9.90 Å². The molecule has 0 saturated heterocycles. The predicted octanol–water partition coefficient (Wildman–Crippen LogP) is 3.50. The molecule has 1 aliphatic carbocycles. The SMILES string of the molecule is Cc1nc2ccc(C3(C(=O)O)CCCC3)cc2s1. The molecule has 0 spiro atoms. The number of aliphatic carboxylic acids is 1. The molecule has 0 radical (unpaired) electrons. The van der Waals surface area contributed by atoms with E-state index in [9.17, 15) is 9.90 Å². The van der Waals surface area contributed by atoms with Gasteiger partial charge in [0.05, 0.1) is 20.6 Å². The fourth-order valence-corrected chi connectivity index (χ4v) is 3.81. The molecule has 4 heteroatoms. The molecule has 0 atom stereocenters. The second-order valence-electron chi connectivity index (χ2n) is 5.01. The molecule has 0 amide bonds. The number of fused-ring (bicyclic) bond motifs is 1. The van der Waals surface area contributed by atoms with Crippen LogP contribution in [0.4, 0.5) is 0 Å². The highest BCUT2D eigenvalue weighted by Gasteiger charge is 2.42. The number of carbonyl (C=O) groups is 1. The first-order valence-electron chi connectivity index (χ1n) is 6.23. The number of aromatic nitrogens is 1. The van der Waals surface area contributed by atoms with Crippen LogP contribution in [0.3, 0.4) is 0 Å². The van der Waals surface area contributed by atoms with Crippen molar-refractivity contribution in [1.82, 2.24) is 4.98 Å². The van der Waals surface area contributed by atoms with E-state index in [0.29, 0.717) is 0 Å². The summed E-state index contributed by atoms with van der Waals surface area (Å²) in [5, 5.41) is 10.6. The van der Waals surface area contributed by atoms with Crippen LogP contribution in [0, 0.1) is 6.92 Å². The summed E-state index contributed by atoms with van der Waals surface area (Å²) in [7, 11) is 0. The molecule has 2 aromatic rings. The maximum Gasteiger partial charge on any atom is 0.314 e. The van der Waals surface area contributed by atoms with Crippen molar-refractivity contribution in [2.75, 3.05) is 0 Å². The number of benzene rings is 1. The number of thiazole rings is 1. The molecule has 94 valence electrons. The average molecular weight is 261 g/mol. The molecular formula is C14H15NO2S. The lowest BCUT2D eigenvalue weighted by Gasteiger charge is -2.24. The predicted molar refractivity (Wildman–Crippen MR) is 72.1 cm³/mol. The first kappa shape index (κ1) is 11.7. The summed E-state index contributed by atoms with van der Waals surface area (Å²) in [5.74, 6) is -0.680. The van der Waals surface area contributed by atoms with Crippen molar-refractivity contribution in [3.63, 3.8) is 0 Å². The van der Waals surface area contributed by atoms with Gasteiger partial charge in [-0.3, -0.25) is 4.79 Å². The quantitative estimate of drug-likeness (QED) is 0.900. The summed E-state index contributed by atoms with van der Waals surface area (Å²) in [4.78, 5) is 16.1. The van der Waals surface area contributed by atoms with Crippen LogP contribution in [0.2, 0.25) is 0 Å². The van der Waals surface area contributed by atoms with E-state index in [1.807, 2.05) is 25.1 Å². The molecule has 1 heterocycles. The number of aryl methyl sites for hydroxylation is 1. The summed E-state index contributed by atoms with van der Waals surface area (Å²) < 4.78 is 1.09. The van der Waals surface area contributed by atoms with Gasteiger partial charge in [0.2, 0.25) is 0 Å². The third-order valence-electron chi connectivity index (χ3n) is 3.91. The zero-order valence-corrected chi connectivity index (χ0v) is 11.1. The highest BCUT2D eigenvalue weighted by Crippen LogP contribution is 2.42. The first-order valence-corrected chi connectivity index (χ1v) is 7.04. The Bertz CT molecular complexity index is 611. The van der Waals surface area contributed by atoms with Crippen LogP contribution in [-0.4, -0.2) is 16.1 Å². The van der Waals surface area contributed by atoms with Gasteiger partial charge in [0.1, 0.15) is 0 Å². The Morgan fingerprint density at radius 2 is 2.11 bits per heavy atom. The Labute approximate surface area is 109 Å². The minimum absolute atomic E-state index is 0.661. The molecule has 1 aromatic carbocycles. The van der Waals surface area contributed by atoms with E-state index in [-0.39, 0.29) is 0 Å². The number of nitrogens with zero attached hydrogens (tertiary/aromatic N) is 1. The van der Waals surface area contributed by atoms with Crippen molar-refractivity contribution in [1.29, 1.82) is 0 Å². The lowest BCUT2D eigenvalue weighted by atomic mass is 9.79. The fourth-order valence-electron chi connectivity index (χ4n) is 2.94. The lowest BCUT2D eigenvalue weighted by Crippen LogP contribution is -2.32. The first-order chi connectivity index (χ1) is 8.62. The molecule has 1 N–H and O–H groups in total. The fraction of sp³-hybridized carbons (Fsp3) is 0.429. The van der Waals surface area contributed by atoms with Crippen LogP contribution < -0.4 is 0 Å². The highest BCUT2D eigenvalue weighted by molar-refractivity contribution is 7.18. The topological polar surface area (TPSA) is 50.2 Å². The summed E-state index contributed by atoms with van der Waals surface area (Å²) >= 11 is 1.63. The average Bonchev–Trinajstić information content (AvgIpc) is 2.92. The van der Waals surface area contributed by atoms with Gasteiger partial charge in [0.15, 0.2) is 0 Å². The molecular weight excluding hydrogens is 246 g/mol. The maximum atomic E-state index is 11.7. The largest absolute Gasteiger partial charge is 0.481 e. The molecule has 0 aliphatic heterocycles. The monoisotopic (exact) mass is 261 g/mol. The molecule has 1 aliphatic rings. The van der Waals surface area contributed by atoms with E-state index < -0.39 is 11.4 Å². The normalized spacial score (nSPS) is 18.3. The lowest BCUT2D eigenvalue weighted by molar-refractivity contribution is -0.143. The number of hydrogen-bond acceptors (Lipinski definition) is 3. The Morgan fingerprint density at radius 1 is 1.39 bits per heavy atom. The van der Waals surface area contributed by atoms with Crippen molar-refractivity contribution in [2.24, 2.45) is 0 Å². The van der Waals surface area contributed by atoms with Crippen molar-refractivity contribution in [3.8, 4) is 0 Å². The second-order valence-corrected chi connectivity index (χ2v) is 6.24. The third kappa shape index (κ3) is 1.63. The minimum atomic E-state index is -0.680.